The minimum atomic E-state index is 0. The first-order chi connectivity index (χ1) is 10.7. The van der Waals surface area contributed by atoms with Gasteiger partial charge in [-0.15, -0.1) is 12.4 Å². The Balaban J connectivity index is 0.00000192. The molecular weight excluding hydrogens is 310 g/mol. The van der Waals surface area contributed by atoms with Gasteiger partial charge in [0.05, 0.1) is 0 Å². The molecule has 0 saturated carbocycles. The number of nitrogens with one attached hydrogen (secondary N) is 1. The summed E-state index contributed by atoms with van der Waals surface area (Å²) in [6, 6.07) is 9.09. The van der Waals surface area contributed by atoms with Crippen LogP contribution in [-0.2, 0) is 11.2 Å². The molecule has 2 fully saturated rings. The molecule has 2 aliphatic heterocycles. The number of rotatable bonds is 4. The summed E-state index contributed by atoms with van der Waals surface area (Å²) < 4.78 is 0. The second-order valence-electron chi connectivity index (χ2n) is 6.55. The summed E-state index contributed by atoms with van der Waals surface area (Å²) in [6.07, 6.45) is 2.63. The predicted molar refractivity (Wildman–Crippen MR) is 96.2 cm³/mol. The van der Waals surface area contributed by atoms with Crippen LogP contribution >= 0.6 is 12.4 Å². The number of halogens is 1. The van der Waals surface area contributed by atoms with Crippen molar-refractivity contribution in [3.63, 3.8) is 0 Å². The number of likely N-dealkylation sites (tertiary alicyclic amines) is 1. The van der Waals surface area contributed by atoms with Gasteiger partial charge in [0, 0.05) is 51.7 Å². The summed E-state index contributed by atoms with van der Waals surface area (Å²) in [5, 5.41) is 3.39. The second kappa shape index (κ2) is 8.67. The minimum absolute atomic E-state index is 0. The van der Waals surface area contributed by atoms with E-state index in [1.54, 1.807) is 0 Å². The molecule has 1 atom stereocenters. The summed E-state index contributed by atoms with van der Waals surface area (Å²) in [5.41, 5.74) is 2.53. The van der Waals surface area contributed by atoms with Gasteiger partial charge >= 0.3 is 0 Å². The lowest BCUT2D eigenvalue weighted by Crippen LogP contribution is -2.49. The number of hydrogen-bond donors (Lipinski definition) is 1. The molecule has 1 aromatic rings. The van der Waals surface area contributed by atoms with E-state index in [9.17, 15) is 4.79 Å². The van der Waals surface area contributed by atoms with E-state index in [1.807, 2.05) is 0 Å². The quantitative estimate of drug-likeness (QED) is 0.911. The molecule has 0 aliphatic carbocycles. The van der Waals surface area contributed by atoms with Gasteiger partial charge in [-0.25, -0.2) is 0 Å². The molecule has 2 aliphatic rings. The summed E-state index contributed by atoms with van der Waals surface area (Å²) in [5.74, 6) is 0.318. The second-order valence-corrected chi connectivity index (χ2v) is 6.55. The van der Waals surface area contributed by atoms with Gasteiger partial charge in [-0.1, -0.05) is 29.8 Å². The van der Waals surface area contributed by atoms with Crippen molar-refractivity contribution < 1.29 is 4.79 Å². The number of carbonyl (C=O) groups is 1. The first-order valence-corrected chi connectivity index (χ1v) is 8.50. The van der Waals surface area contributed by atoms with Crippen LogP contribution in [-0.4, -0.2) is 61.0 Å². The van der Waals surface area contributed by atoms with Crippen molar-refractivity contribution in [2.45, 2.75) is 32.2 Å². The molecule has 0 spiro atoms. The molecule has 0 aromatic heterocycles. The van der Waals surface area contributed by atoms with Crippen molar-refractivity contribution in [2.24, 2.45) is 0 Å². The molecule has 5 heteroatoms. The Morgan fingerprint density at radius 2 is 1.87 bits per heavy atom. The van der Waals surface area contributed by atoms with Gasteiger partial charge in [0.25, 0.3) is 0 Å². The Bertz CT molecular complexity index is 499. The average Bonchev–Trinajstić information content (AvgIpc) is 3.05. The maximum Gasteiger partial charge on any atom is 0.222 e. The fraction of sp³-hybridized carbons (Fsp3) is 0.611. The molecule has 0 radical (unpaired) electrons. The van der Waals surface area contributed by atoms with Crippen molar-refractivity contribution in [1.82, 2.24) is 15.1 Å². The van der Waals surface area contributed by atoms with Gasteiger partial charge in [-0.05, 0) is 25.3 Å². The molecule has 1 unspecified atom stereocenters. The summed E-state index contributed by atoms with van der Waals surface area (Å²) >= 11 is 0. The van der Waals surface area contributed by atoms with Crippen LogP contribution in [0, 0.1) is 6.92 Å². The van der Waals surface area contributed by atoms with Crippen molar-refractivity contribution in [3.05, 3.63) is 35.4 Å². The molecular formula is C18H28ClN3O. The predicted octanol–water partition coefficient (Wildman–Crippen LogP) is 1.86. The third-order valence-electron chi connectivity index (χ3n) is 4.93. The van der Waals surface area contributed by atoms with Crippen LogP contribution in [0.4, 0.5) is 0 Å². The summed E-state index contributed by atoms with van der Waals surface area (Å²) in [6.45, 7) is 8.35. The lowest BCUT2D eigenvalue weighted by Gasteiger charge is -2.32. The zero-order valence-corrected chi connectivity index (χ0v) is 14.8. The highest BCUT2D eigenvalue weighted by atomic mass is 35.5. The molecule has 2 saturated heterocycles. The van der Waals surface area contributed by atoms with E-state index in [0.717, 1.165) is 52.1 Å². The number of benzene rings is 1. The minimum Gasteiger partial charge on any atom is -0.341 e. The highest BCUT2D eigenvalue weighted by Gasteiger charge is 2.30. The molecule has 1 N–H and O–H groups in total. The third-order valence-corrected chi connectivity index (χ3v) is 4.93. The zero-order chi connectivity index (χ0) is 15.4. The first-order valence-electron chi connectivity index (χ1n) is 8.50. The SMILES string of the molecule is Cc1ccc(CCC(=O)N2CCC(N3CCNCC3)C2)cc1.Cl. The molecule has 1 amide bonds. The fourth-order valence-electron chi connectivity index (χ4n) is 3.48. The highest BCUT2D eigenvalue weighted by molar-refractivity contribution is 5.85. The molecule has 128 valence electrons. The van der Waals surface area contributed by atoms with Gasteiger partial charge in [0.1, 0.15) is 0 Å². The highest BCUT2D eigenvalue weighted by Crippen LogP contribution is 2.17. The van der Waals surface area contributed by atoms with E-state index < -0.39 is 0 Å². The fourth-order valence-corrected chi connectivity index (χ4v) is 3.48. The standard InChI is InChI=1S/C18H27N3O.ClH/c1-15-2-4-16(5-3-15)6-7-18(22)21-11-8-17(14-21)20-12-9-19-10-13-20;/h2-5,17,19H,6-14H2,1H3;1H. The Hall–Kier alpha value is -1.10. The molecule has 1 aromatic carbocycles. The summed E-state index contributed by atoms with van der Waals surface area (Å²) in [7, 11) is 0. The molecule has 4 nitrogen and oxygen atoms in total. The lowest BCUT2D eigenvalue weighted by atomic mass is 10.1. The molecule has 23 heavy (non-hydrogen) atoms. The van der Waals surface area contributed by atoms with E-state index in [-0.39, 0.29) is 12.4 Å². The van der Waals surface area contributed by atoms with Crippen LogP contribution in [0.25, 0.3) is 0 Å². The number of nitrogens with zero attached hydrogens (tertiary/aromatic N) is 2. The number of amides is 1. The van der Waals surface area contributed by atoms with E-state index >= 15 is 0 Å². The van der Waals surface area contributed by atoms with E-state index in [0.29, 0.717) is 18.4 Å². The van der Waals surface area contributed by atoms with Crippen LogP contribution in [0.3, 0.4) is 0 Å². The van der Waals surface area contributed by atoms with Gasteiger partial charge in [0.2, 0.25) is 5.91 Å². The number of aryl methyl sites for hydroxylation is 2. The van der Waals surface area contributed by atoms with Crippen LogP contribution in [0.15, 0.2) is 24.3 Å². The molecule has 3 rings (SSSR count). The van der Waals surface area contributed by atoms with Gasteiger partial charge in [-0.3, -0.25) is 9.69 Å². The van der Waals surface area contributed by atoms with E-state index in [2.05, 4.69) is 46.3 Å². The van der Waals surface area contributed by atoms with Crippen molar-refractivity contribution in [3.8, 4) is 0 Å². The first kappa shape index (κ1) is 18.2. The normalized spacial score (nSPS) is 22.0. The van der Waals surface area contributed by atoms with E-state index in [1.165, 1.54) is 11.1 Å². The van der Waals surface area contributed by atoms with Crippen LogP contribution in [0.2, 0.25) is 0 Å². The summed E-state index contributed by atoms with van der Waals surface area (Å²) in [4.78, 5) is 17.0. The Morgan fingerprint density at radius 3 is 2.57 bits per heavy atom. The monoisotopic (exact) mass is 337 g/mol. The number of hydrogen-bond acceptors (Lipinski definition) is 3. The van der Waals surface area contributed by atoms with Gasteiger partial charge in [0.15, 0.2) is 0 Å². The zero-order valence-electron chi connectivity index (χ0n) is 14.0. The van der Waals surface area contributed by atoms with Crippen LogP contribution in [0.1, 0.15) is 24.0 Å². The lowest BCUT2D eigenvalue weighted by molar-refractivity contribution is -0.130. The van der Waals surface area contributed by atoms with Crippen molar-refractivity contribution >= 4 is 18.3 Å². The maximum absolute atomic E-state index is 12.4. The number of piperazine rings is 1. The Morgan fingerprint density at radius 1 is 1.17 bits per heavy atom. The van der Waals surface area contributed by atoms with Crippen molar-refractivity contribution in [2.75, 3.05) is 39.3 Å². The Kier molecular flexibility index (Phi) is 6.88. The van der Waals surface area contributed by atoms with Gasteiger partial charge < -0.3 is 10.2 Å². The van der Waals surface area contributed by atoms with Gasteiger partial charge in [-0.2, -0.15) is 0 Å². The average molecular weight is 338 g/mol. The van der Waals surface area contributed by atoms with Crippen LogP contribution < -0.4 is 5.32 Å². The largest absolute Gasteiger partial charge is 0.341 e. The smallest absolute Gasteiger partial charge is 0.222 e. The topological polar surface area (TPSA) is 35.6 Å². The number of carbonyl (C=O) groups excluding carboxylic acids is 1. The molecule has 0 bridgehead atoms. The third kappa shape index (κ3) is 4.93. The Labute approximate surface area is 145 Å². The van der Waals surface area contributed by atoms with Crippen LogP contribution in [0.5, 0.6) is 0 Å². The van der Waals surface area contributed by atoms with Crippen molar-refractivity contribution in [1.29, 1.82) is 0 Å². The maximum atomic E-state index is 12.4. The van der Waals surface area contributed by atoms with E-state index in [4.69, 9.17) is 0 Å². The molecule has 2 heterocycles.